The molecule has 0 spiro atoms. The molecule has 1 N–H and O–H groups in total. The lowest BCUT2D eigenvalue weighted by molar-refractivity contribution is 0.0687. The van der Waals surface area contributed by atoms with Gasteiger partial charge in [0.15, 0.2) is 0 Å². The van der Waals surface area contributed by atoms with Gasteiger partial charge in [0.05, 0.1) is 12.2 Å². The molecule has 1 amide bonds. The van der Waals surface area contributed by atoms with Crippen molar-refractivity contribution in [2.75, 3.05) is 30.9 Å². The zero-order valence-electron chi connectivity index (χ0n) is 23.2. The Morgan fingerprint density at radius 3 is 2.59 bits per heavy atom. The van der Waals surface area contributed by atoms with Gasteiger partial charge in [0.25, 0.3) is 5.91 Å². The molecule has 1 aromatic heterocycles. The van der Waals surface area contributed by atoms with Crippen LogP contribution in [0.5, 0.6) is 5.88 Å². The first-order valence-corrected chi connectivity index (χ1v) is 14.7. The van der Waals surface area contributed by atoms with E-state index < -0.39 is 0 Å². The number of nitrogens with zero attached hydrogens (tertiary/aromatic N) is 4. The van der Waals surface area contributed by atoms with Crippen molar-refractivity contribution < 1.29 is 9.53 Å². The van der Waals surface area contributed by atoms with Crippen LogP contribution in [-0.2, 0) is 0 Å². The number of carbonyl (C=O) groups excluding carboxylic acids is 1. The predicted molar refractivity (Wildman–Crippen MR) is 156 cm³/mol. The Bertz CT molecular complexity index is 1370. The van der Waals surface area contributed by atoms with Crippen LogP contribution in [0.1, 0.15) is 54.6 Å². The number of anilines is 1. The molecule has 1 unspecified atom stereocenters. The molecule has 6 bridgehead atoms. The minimum atomic E-state index is -0.203. The fourth-order valence-corrected chi connectivity index (χ4v) is 6.96. The quantitative estimate of drug-likeness (QED) is 0.399. The molecule has 3 aromatic rings. The average Bonchev–Trinajstić information content (AvgIpc) is 3.14. The van der Waals surface area contributed by atoms with E-state index in [4.69, 9.17) is 14.7 Å². The Morgan fingerprint density at radius 1 is 1.03 bits per heavy atom. The first kappa shape index (κ1) is 26.1. The zero-order chi connectivity index (χ0) is 27.1. The van der Waals surface area contributed by atoms with Crippen molar-refractivity contribution in [3.05, 3.63) is 65.2 Å². The molecule has 6 rings (SSSR count). The maximum Gasteiger partial charge on any atom is 0.254 e. The van der Waals surface area contributed by atoms with Crippen LogP contribution in [0.25, 0.3) is 11.3 Å². The molecule has 2 aliphatic heterocycles. The fraction of sp³-hybridized carbons (Fsp3) is 0.452. The van der Waals surface area contributed by atoms with Crippen molar-refractivity contribution in [3.8, 4) is 17.1 Å². The van der Waals surface area contributed by atoms with E-state index in [2.05, 4.69) is 55.5 Å². The predicted octanol–water partition coefficient (Wildman–Crippen LogP) is 5.98. The van der Waals surface area contributed by atoms with Crippen LogP contribution in [0.3, 0.4) is 0 Å². The van der Waals surface area contributed by atoms with E-state index in [1.165, 1.54) is 31.2 Å². The molecule has 3 aliphatic rings. The third-order valence-corrected chi connectivity index (χ3v) is 9.11. The summed E-state index contributed by atoms with van der Waals surface area (Å²) in [7, 11) is 0. The minimum Gasteiger partial charge on any atom is -0.471 e. The van der Waals surface area contributed by atoms with Crippen molar-refractivity contribution in [1.29, 1.82) is 0 Å². The van der Waals surface area contributed by atoms with Crippen molar-refractivity contribution >= 4 is 23.8 Å². The second-order valence-corrected chi connectivity index (χ2v) is 12.8. The van der Waals surface area contributed by atoms with Crippen molar-refractivity contribution in [2.45, 2.75) is 64.0 Å². The number of aromatic nitrogens is 2. The summed E-state index contributed by atoms with van der Waals surface area (Å²) in [6, 6.07) is 16.5. The van der Waals surface area contributed by atoms with Crippen molar-refractivity contribution in [3.63, 3.8) is 0 Å². The third-order valence-electron chi connectivity index (χ3n) is 8.33. The number of nitrogens with one attached hydrogen (secondary N) is 1. The molecule has 1 saturated heterocycles. The number of amides is 1. The van der Waals surface area contributed by atoms with Gasteiger partial charge in [-0.3, -0.25) is 14.4 Å². The Hall–Kier alpha value is -3.10. The maximum atomic E-state index is 13.7. The van der Waals surface area contributed by atoms with Gasteiger partial charge in [-0.25, -0.2) is 4.98 Å². The summed E-state index contributed by atoms with van der Waals surface area (Å²) in [6.45, 7) is 11.8. The second-order valence-electron chi connectivity index (χ2n) is 12.0. The van der Waals surface area contributed by atoms with Gasteiger partial charge >= 0.3 is 0 Å². The van der Waals surface area contributed by atoms with E-state index in [1.807, 2.05) is 35.2 Å². The summed E-state index contributed by atoms with van der Waals surface area (Å²) >= 11 is 1.40. The summed E-state index contributed by atoms with van der Waals surface area (Å²) in [5.74, 6) is 1.07. The number of ether oxygens (including phenoxy) is 1. The largest absolute Gasteiger partial charge is 0.471 e. The Morgan fingerprint density at radius 2 is 1.82 bits per heavy atom. The molecule has 7 nitrogen and oxygen atoms in total. The molecule has 2 aromatic carbocycles. The Labute approximate surface area is 235 Å². The van der Waals surface area contributed by atoms with Crippen LogP contribution in [0.2, 0.25) is 0 Å². The maximum absolute atomic E-state index is 13.7. The smallest absolute Gasteiger partial charge is 0.254 e. The van der Waals surface area contributed by atoms with E-state index in [-0.39, 0.29) is 12.0 Å². The third kappa shape index (κ3) is 5.63. The highest BCUT2D eigenvalue weighted by atomic mass is 32.2. The van der Waals surface area contributed by atoms with Crippen LogP contribution in [0, 0.1) is 19.3 Å². The van der Waals surface area contributed by atoms with E-state index in [0.29, 0.717) is 41.9 Å². The standard InChI is InChI=1S/C31H37N5O2S/c1-20-7-5-8-21(2)28(20)26-16-27-33-30(32-26)34-39-25-10-6-9-22(15-25)29(37)36-14-13-35(18-24(19-36)38-27)23-11-12-31(3,4)17-23/h5-10,15-16,23-24H,11-14,17-19H2,1-4H3,(H,32,33,34)/t23?,24-/m1/s1. The first-order chi connectivity index (χ1) is 18.7. The van der Waals surface area contributed by atoms with Gasteiger partial charge in [-0.15, -0.1) is 0 Å². The van der Waals surface area contributed by atoms with E-state index in [1.54, 1.807) is 0 Å². The summed E-state index contributed by atoms with van der Waals surface area (Å²) in [6.07, 6.45) is 3.38. The first-order valence-electron chi connectivity index (χ1n) is 13.9. The van der Waals surface area contributed by atoms with Gasteiger partial charge in [0, 0.05) is 47.8 Å². The highest BCUT2D eigenvalue weighted by Gasteiger charge is 2.37. The molecule has 0 radical (unpaired) electrons. The molecule has 204 valence electrons. The van der Waals surface area contributed by atoms with E-state index in [0.717, 1.165) is 40.4 Å². The summed E-state index contributed by atoms with van der Waals surface area (Å²) in [5.41, 5.74) is 5.29. The lowest BCUT2D eigenvalue weighted by Gasteiger charge is -2.30. The highest BCUT2D eigenvalue weighted by Crippen LogP contribution is 2.40. The van der Waals surface area contributed by atoms with Crippen LogP contribution >= 0.6 is 11.9 Å². The molecular formula is C31H37N5O2S. The number of benzene rings is 2. The fourth-order valence-electron chi connectivity index (χ4n) is 6.33. The normalized spacial score (nSPS) is 23.1. The molecule has 2 atom stereocenters. The lowest BCUT2D eigenvalue weighted by atomic mass is 9.91. The van der Waals surface area contributed by atoms with Gasteiger partial charge < -0.3 is 9.64 Å². The van der Waals surface area contributed by atoms with Crippen LogP contribution in [0.15, 0.2) is 53.4 Å². The minimum absolute atomic E-state index is 0.0490. The van der Waals surface area contributed by atoms with Gasteiger partial charge in [-0.05, 0) is 79.8 Å². The average molecular weight is 544 g/mol. The van der Waals surface area contributed by atoms with Gasteiger partial charge in [0.1, 0.15) is 6.10 Å². The van der Waals surface area contributed by atoms with Crippen LogP contribution in [0.4, 0.5) is 5.95 Å². The number of carbonyl (C=O) groups is 1. The number of aryl methyl sites for hydroxylation is 2. The monoisotopic (exact) mass is 543 g/mol. The van der Waals surface area contributed by atoms with Gasteiger partial charge in [0.2, 0.25) is 11.8 Å². The molecule has 39 heavy (non-hydrogen) atoms. The van der Waals surface area contributed by atoms with E-state index >= 15 is 0 Å². The lowest BCUT2D eigenvalue weighted by Crippen LogP contribution is -2.42. The van der Waals surface area contributed by atoms with Crippen molar-refractivity contribution in [1.82, 2.24) is 19.8 Å². The number of fused-ring (bicyclic) bond motifs is 6. The molecular weight excluding hydrogens is 506 g/mol. The molecule has 1 aliphatic carbocycles. The van der Waals surface area contributed by atoms with Crippen LogP contribution < -0.4 is 9.46 Å². The second kappa shape index (κ2) is 10.5. The number of hydrogen-bond acceptors (Lipinski definition) is 7. The zero-order valence-corrected chi connectivity index (χ0v) is 24.1. The highest BCUT2D eigenvalue weighted by molar-refractivity contribution is 8.00. The Kier molecular flexibility index (Phi) is 7.02. The summed E-state index contributed by atoms with van der Waals surface area (Å²) in [4.78, 5) is 28.8. The van der Waals surface area contributed by atoms with E-state index in [9.17, 15) is 4.79 Å². The van der Waals surface area contributed by atoms with Crippen molar-refractivity contribution in [2.24, 2.45) is 5.41 Å². The number of hydrogen-bond donors (Lipinski definition) is 1. The molecule has 3 heterocycles. The molecule has 1 saturated carbocycles. The summed E-state index contributed by atoms with van der Waals surface area (Å²) < 4.78 is 9.98. The number of rotatable bonds is 2. The topological polar surface area (TPSA) is 70.6 Å². The SMILES string of the molecule is Cc1cccc(C)c1-c1cc2nc(n1)NSc1cccc(c1)C(=O)N1CCN(C3CCC(C)(C)C3)C[C@H](C1)O2. The van der Waals surface area contributed by atoms with Gasteiger partial charge in [-0.2, -0.15) is 4.98 Å². The Balaban J connectivity index is 1.41. The summed E-state index contributed by atoms with van der Waals surface area (Å²) in [5, 5.41) is 0. The van der Waals surface area contributed by atoms with Gasteiger partial charge in [-0.1, -0.05) is 38.1 Å². The molecule has 8 heteroatoms. The molecule has 2 fully saturated rings. The van der Waals surface area contributed by atoms with Crippen LogP contribution in [-0.4, -0.2) is 64.0 Å².